The summed E-state index contributed by atoms with van der Waals surface area (Å²) >= 11 is 24.4. The normalized spacial score (nSPS) is 16.4. The van der Waals surface area contributed by atoms with Crippen LogP contribution in [0.15, 0.2) is 59.5 Å². The molecule has 0 spiro atoms. The molecule has 1 N–H and O–H groups in total. The van der Waals surface area contributed by atoms with E-state index in [-0.39, 0.29) is 18.2 Å². The van der Waals surface area contributed by atoms with E-state index in [1.165, 1.54) is 11.8 Å². The molecule has 5 nitrogen and oxygen atoms in total. The van der Waals surface area contributed by atoms with Gasteiger partial charge in [0.05, 0.1) is 11.4 Å². The van der Waals surface area contributed by atoms with E-state index in [4.69, 9.17) is 51.8 Å². The van der Waals surface area contributed by atoms with E-state index in [0.29, 0.717) is 21.5 Å². The van der Waals surface area contributed by atoms with Crippen LogP contribution in [0.5, 0.6) is 5.75 Å². The molecule has 1 aliphatic rings. The first-order valence-corrected chi connectivity index (χ1v) is 12.0. The maximum absolute atomic E-state index is 12.8. The van der Waals surface area contributed by atoms with E-state index in [0.717, 1.165) is 11.1 Å². The fraction of sp³-hybridized carbons (Fsp3) is 0.227. The second-order valence-electron chi connectivity index (χ2n) is 6.78. The van der Waals surface area contributed by atoms with Gasteiger partial charge < -0.3 is 10.1 Å². The summed E-state index contributed by atoms with van der Waals surface area (Å²) in [5, 5.41) is 2.53. The van der Waals surface area contributed by atoms with Crippen LogP contribution in [0.4, 0.5) is 0 Å². The Balaban J connectivity index is 1.70. The third kappa shape index (κ3) is 6.62. The van der Waals surface area contributed by atoms with Gasteiger partial charge in [0.2, 0.25) is 15.9 Å². The zero-order valence-corrected chi connectivity index (χ0v) is 20.8. The molecule has 32 heavy (non-hydrogen) atoms. The number of nitrogens with one attached hydrogen (secondary N) is 1. The fourth-order valence-corrected chi connectivity index (χ4v) is 4.31. The number of nitrogens with zero attached hydrogens (tertiary/aromatic N) is 1. The Morgan fingerprint density at radius 3 is 2.44 bits per heavy atom. The minimum atomic E-state index is -1.85. The molecule has 2 aromatic carbocycles. The van der Waals surface area contributed by atoms with Crippen molar-refractivity contribution < 1.29 is 14.3 Å². The maximum Gasteiger partial charge on any atom is 0.266 e. The molecule has 168 valence electrons. The number of thioether (sulfide) groups is 1. The van der Waals surface area contributed by atoms with E-state index >= 15 is 0 Å². The van der Waals surface area contributed by atoms with Crippen LogP contribution in [0.25, 0.3) is 6.08 Å². The number of halogens is 3. The molecule has 1 fully saturated rings. The van der Waals surface area contributed by atoms with Crippen molar-refractivity contribution in [2.45, 2.75) is 29.9 Å². The molecule has 0 saturated carbocycles. The van der Waals surface area contributed by atoms with Crippen molar-refractivity contribution >= 4 is 81.0 Å². The van der Waals surface area contributed by atoms with Gasteiger partial charge in [-0.3, -0.25) is 14.5 Å². The number of carbonyl (C=O) groups is 2. The maximum atomic E-state index is 12.8. The minimum Gasteiger partial charge on any atom is -0.466 e. The third-order valence-corrected chi connectivity index (χ3v) is 6.37. The zero-order chi connectivity index (χ0) is 23.3. The van der Waals surface area contributed by atoms with E-state index in [1.54, 1.807) is 42.2 Å². The summed E-state index contributed by atoms with van der Waals surface area (Å²) in [5.41, 5.74) is 1.78. The molecule has 1 aliphatic heterocycles. The van der Waals surface area contributed by atoms with Crippen molar-refractivity contribution in [1.29, 1.82) is 0 Å². The van der Waals surface area contributed by atoms with Crippen molar-refractivity contribution in [3.63, 3.8) is 0 Å². The number of amides is 2. The first-order chi connectivity index (χ1) is 15.2. The highest BCUT2D eigenvalue weighted by Gasteiger charge is 2.36. The SMILES string of the molecule is CCC(=O)N[C@H](Oc1ccc(/C=C2/SC(=S)N(Cc3ccccc3)C2=O)cc1)C(Cl)(Cl)Cl. The molecule has 1 heterocycles. The summed E-state index contributed by atoms with van der Waals surface area (Å²) in [6.45, 7) is 2.11. The average molecular weight is 530 g/mol. The molecule has 10 heteroatoms. The lowest BCUT2D eigenvalue weighted by atomic mass is 10.2. The Kier molecular flexibility index (Phi) is 8.47. The largest absolute Gasteiger partial charge is 0.466 e. The summed E-state index contributed by atoms with van der Waals surface area (Å²) < 4.78 is 4.31. The molecule has 1 saturated heterocycles. The van der Waals surface area contributed by atoms with Gasteiger partial charge >= 0.3 is 0 Å². The number of alkyl halides is 3. The van der Waals surface area contributed by atoms with E-state index < -0.39 is 10.0 Å². The fourth-order valence-electron chi connectivity index (χ4n) is 2.76. The number of carbonyl (C=O) groups excluding carboxylic acids is 2. The number of hydrogen-bond donors (Lipinski definition) is 1. The van der Waals surface area contributed by atoms with Crippen LogP contribution in [0, 0.1) is 0 Å². The number of thiocarbonyl (C=S) groups is 1. The van der Waals surface area contributed by atoms with Crippen molar-refractivity contribution in [3.05, 3.63) is 70.6 Å². The summed E-state index contributed by atoms with van der Waals surface area (Å²) in [6, 6.07) is 16.5. The molecule has 2 amide bonds. The highest BCUT2D eigenvalue weighted by molar-refractivity contribution is 8.26. The predicted octanol–water partition coefficient (Wildman–Crippen LogP) is 5.69. The molecule has 0 aliphatic carbocycles. The zero-order valence-electron chi connectivity index (χ0n) is 16.9. The van der Waals surface area contributed by atoms with Gasteiger partial charge in [-0.05, 0) is 29.3 Å². The summed E-state index contributed by atoms with van der Waals surface area (Å²) in [4.78, 5) is 26.6. The summed E-state index contributed by atoms with van der Waals surface area (Å²) in [6.07, 6.45) is 0.835. The second kappa shape index (κ2) is 10.9. The van der Waals surface area contributed by atoms with Crippen LogP contribution in [-0.2, 0) is 16.1 Å². The van der Waals surface area contributed by atoms with Gasteiger partial charge in [-0.25, -0.2) is 0 Å². The van der Waals surface area contributed by atoms with Crippen molar-refractivity contribution in [2.24, 2.45) is 0 Å². The minimum absolute atomic E-state index is 0.136. The molecule has 0 unspecified atom stereocenters. The van der Waals surface area contributed by atoms with E-state index in [1.807, 2.05) is 30.3 Å². The predicted molar refractivity (Wildman–Crippen MR) is 135 cm³/mol. The molecule has 1 atom stereocenters. The lowest BCUT2D eigenvalue weighted by Gasteiger charge is -2.26. The van der Waals surface area contributed by atoms with Gasteiger partial charge in [-0.1, -0.05) is 108 Å². The lowest BCUT2D eigenvalue weighted by molar-refractivity contribution is -0.123. The van der Waals surface area contributed by atoms with Crippen LogP contribution < -0.4 is 10.1 Å². The second-order valence-corrected chi connectivity index (χ2v) is 10.8. The highest BCUT2D eigenvalue weighted by atomic mass is 35.6. The number of hydrogen-bond acceptors (Lipinski definition) is 5. The van der Waals surface area contributed by atoms with Crippen LogP contribution in [-0.4, -0.2) is 31.1 Å². The third-order valence-electron chi connectivity index (χ3n) is 4.40. The average Bonchev–Trinajstić information content (AvgIpc) is 3.02. The Morgan fingerprint density at radius 1 is 1.19 bits per heavy atom. The quantitative estimate of drug-likeness (QED) is 0.216. The van der Waals surface area contributed by atoms with Gasteiger partial charge in [0.1, 0.15) is 10.1 Å². The van der Waals surface area contributed by atoms with Gasteiger partial charge in [-0.15, -0.1) is 0 Å². The van der Waals surface area contributed by atoms with Crippen LogP contribution in [0.2, 0.25) is 0 Å². The summed E-state index contributed by atoms with van der Waals surface area (Å²) in [5.74, 6) is -0.0512. The van der Waals surface area contributed by atoms with Crippen molar-refractivity contribution in [2.75, 3.05) is 0 Å². The number of benzene rings is 2. The standard InChI is InChI=1S/C22H19Cl3N2O3S2/c1-2-18(28)26-20(22(23,24)25)30-16-10-8-14(9-11-16)12-17-19(29)27(21(31)32-17)13-15-6-4-3-5-7-15/h3-12,20H,2,13H2,1H3,(H,26,28)/b17-12+/t20-/m1/s1. The van der Waals surface area contributed by atoms with Gasteiger partial charge in [0.15, 0.2) is 0 Å². The Morgan fingerprint density at radius 2 is 1.84 bits per heavy atom. The van der Waals surface area contributed by atoms with E-state index in [2.05, 4.69) is 5.32 Å². The van der Waals surface area contributed by atoms with Gasteiger partial charge in [0.25, 0.3) is 5.91 Å². The van der Waals surface area contributed by atoms with Gasteiger partial charge in [-0.2, -0.15) is 0 Å². The van der Waals surface area contributed by atoms with Crippen LogP contribution in [0.1, 0.15) is 24.5 Å². The highest BCUT2D eigenvalue weighted by Crippen LogP contribution is 2.35. The molecule has 3 rings (SSSR count). The van der Waals surface area contributed by atoms with Crippen molar-refractivity contribution in [3.8, 4) is 5.75 Å². The molecule has 0 radical (unpaired) electrons. The molecular formula is C22H19Cl3N2O3S2. The van der Waals surface area contributed by atoms with Gasteiger partial charge in [0, 0.05) is 6.42 Å². The Hall–Kier alpha value is -1.77. The Labute approximate surface area is 211 Å². The Bertz CT molecular complexity index is 1020. The van der Waals surface area contributed by atoms with E-state index in [9.17, 15) is 9.59 Å². The summed E-state index contributed by atoms with van der Waals surface area (Å²) in [7, 11) is 0. The molecular weight excluding hydrogens is 511 g/mol. The first kappa shape index (κ1) is 24.9. The molecule has 0 bridgehead atoms. The number of ether oxygens (including phenoxy) is 1. The topological polar surface area (TPSA) is 58.6 Å². The van der Waals surface area contributed by atoms with Crippen LogP contribution in [0.3, 0.4) is 0 Å². The van der Waals surface area contributed by atoms with Crippen molar-refractivity contribution in [1.82, 2.24) is 10.2 Å². The smallest absolute Gasteiger partial charge is 0.266 e. The lowest BCUT2D eigenvalue weighted by Crippen LogP contribution is -2.47. The number of rotatable bonds is 7. The first-order valence-electron chi connectivity index (χ1n) is 9.59. The van der Waals surface area contributed by atoms with Crippen LogP contribution >= 0.6 is 58.8 Å². The molecule has 0 aromatic heterocycles. The molecule has 2 aromatic rings. The monoisotopic (exact) mass is 528 g/mol.